The molecule has 0 bridgehead atoms. The van der Waals surface area contributed by atoms with Crippen LogP contribution in [0.25, 0.3) is 0 Å². The summed E-state index contributed by atoms with van der Waals surface area (Å²) >= 11 is 0. The highest BCUT2D eigenvalue weighted by Gasteiger charge is 2.29. The van der Waals surface area contributed by atoms with Crippen LogP contribution in [0.3, 0.4) is 0 Å². The van der Waals surface area contributed by atoms with Crippen molar-refractivity contribution >= 4 is 40.5 Å². The fraction of sp³-hybridized carbons (Fsp3) is 0.208. The van der Waals surface area contributed by atoms with Crippen LogP contribution < -0.4 is 21.3 Å². The fourth-order valence-corrected chi connectivity index (χ4v) is 3.20. The van der Waals surface area contributed by atoms with Crippen LogP contribution in [0.1, 0.15) is 29.0 Å². The lowest BCUT2D eigenvalue weighted by atomic mass is 10.1. The molecular weight excluding hydrogens is 408 g/mol. The third-order valence-corrected chi connectivity index (χ3v) is 5.13. The molecule has 164 valence electrons. The molecule has 32 heavy (non-hydrogen) atoms. The van der Waals surface area contributed by atoms with E-state index in [1.165, 1.54) is 6.26 Å². The highest BCUT2D eigenvalue weighted by Crippen LogP contribution is 2.31. The minimum atomic E-state index is -0.371. The van der Waals surface area contributed by atoms with Gasteiger partial charge in [0, 0.05) is 28.7 Å². The van der Waals surface area contributed by atoms with Gasteiger partial charge in [-0.3, -0.25) is 14.4 Å². The first-order valence-corrected chi connectivity index (χ1v) is 10.4. The van der Waals surface area contributed by atoms with Crippen molar-refractivity contribution < 1.29 is 18.8 Å². The first kappa shape index (κ1) is 21.2. The van der Waals surface area contributed by atoms with Gasteiger partial charge >= 0.3 is 0 Å². The number of hydrogen-bond acceptors (Lipinski definition) is 5. The van der Waals surface area contributed by atoms with Gasteiger partial charge < -0.3 is 25.7 Å². The smallest absolute Gasteiger partial charge is 0.291 e. The van der Waals surface area contributed by atoms with E-state index in [1.807, 2.05) is 25.1 Å². The average Bonchev–Trinajstić information content (AvgIpc) is 3.48. The Bertz CT molecular complexity index is 1140. The molecule has 8 nitrogen and oxygen atoms in total. The van der Waals surface area contributed by atoms with E-state index in [4.69, 9.17) is 4.42 Å². The normalized spacial score (nSPS) is 12.7. The third-order valence-electron chi connectivity index (χ3n) is 5.13. The summed E-state index contributed by atoms with van der Waals surface area (Å²) in [5.74, 6) is -0.247. The SMILES string of the molecule is Cc1c(NCC(=O)Nc2cccc(NC(=O)c3ccco3)c2)cccc1NC(=O)C1CC1. The summed E-state index contributed by atoms with van der Waals surface area (Å²) in [4.78, 5) is 36.6. The van der Waals surface area contributed by atoms with Gasteiger partial charge in [-0.1, -0.05) is 12.1 Å². The number of furan rings is 1. The van der Waals surface area contributed by atoms with Crippen molar-refractivity contribution in [1.29, 1.82) is 0 Å². The lowest BCUT2D eigenvalue weighted by molar-refractivity contribution is -0.117. The second-order valence-corrected chi connectivity index (χ2v) is 7.66. The van der Waals surface area contributed by atoms with Gasteiger partial charge in [-0.2, -0.15) is 0 Å². The Hall–Kier alpha value is -4.07. The molecule has 0 aliphatic heterocycles. The van der Waals surface area contributed by atoms with E-state index in [0.29, 0.717) is 11.4 Å². The predicted molar refractivity (Wildman–Crippen MR) is 123 cm³/mol. The monoisotopic (exact) mass is 432 g/mol. The molecule has 1 heterocycles. The number of hydrogen-bond donors (Lipinski definition) is 4. The van der Waals surface area contributed by atoms with E-state index in [2.05, 4.69) is 21.3 Å². The van der Waals surface area contributed by atoms with Crippen molar-refractivity contribution in [2.75, 3.05) is 27.8 Å². The Labute approximate surface area is 185 Å². The number of carbonyl (C=O) groups excluding carboxylic acids is 3. The van der Waals surface area contributed by atoms with Crippen molar-refractivity contribution in [3.05, 3.63) is 72.2 Å². The van der Waals surface area contributed by atoms with Gasteiger partial charge in [0.05, 0.1) is 12.8 Å². The first-order chi connectivity index (χ1) is 15.5. The minimum Gasteiger partial charge on any atom is -0.459 e. The quantitative estimate of drug-likeness (QED) is 0.425. The van der Waals surface area contributed by atoms with Gasteiger partial charge in [-0.05, 0) is 67.8 Å². The number of carbonyl (C=O) groups is 3. The number of rotatable bonds is 8. The van der Waals surface area contributed by atoms with Crippen molar-refractivity contribution in [2.45, 2.75) is 19.8 Å². The van der Waals surface area contributed by atoms with E-state index in [9.17, 15) is 14.4 Å². The Balaban J connectivity index is 1.32. The Kier molecular flexibility index (Phi) is 6.21. The molecule has 0 spiro atoms. The zero-order valence-corrected chi connectivity index (χ0v) is 17.6. The van der Waals surface area contributed by atoms with Gasteiger partial charge in [0.15, 0.2) is 5.76 Å². The van der Waals surface area contributed by atoms with E-state index < -0.39 is 0 Å². The zero-order chi connectivity index (χ0) is 22.5. The second-order valence-electron chi connectivity index (χ2n) is 7.66. The van der Waals surface area contributed by atoms with Gasteiger partial charge in [0.25, 0.3) is 5.91 Å². The molecule has 0 unspecified atom stereocenters. The highest BCUT2D eigenvalue weighted by molar-refractivity contribution is 6.03. The molecule has 4 N–H and O–H groups in total. The zero-order valence-electron chi connectivity index (χ0n) is 17.6. The molecule has 1 fully saturated rings. The lowest BCUT2D eigenvalue weighted by Gasteiger charge is -2.14. The summed E-state index contributed by atoms with van der Waals surface area (Å²) in [6.07, 6.45) is 3.31. The highest BCUT2D eigenvalue weighted by atomic mass is 16.3. The molecule has 4 rings (SSSR count). The van der Waals surface area contributed by atoms with Gasteiger partial charge in [0.2, 0.25) is 11.8 Å². The molecule has 0 radical (unpaired) electrons. The molecule has 2 aromatic carbocycles. The molecule has 0 saturated heterocycles. The van der Waals surface area contributed by atoms with Crippen LogP contribution in [0.15, 0.2) is 65.3 Å². The largest absolute Gasteiger partial charge is 0.459 e. The summed E-state index contributed by atoms with van der Waals surface area (Å²) in [7, 11) is 0. The fourth-order valence-electron chi connectivity index (χ4n) is 3.20. The molecule has 3 amide bonds. The average molecular weight is 432 g/mol. The maximum absolute atomic E-state index is 12.4. The van der Waals surface area contributed by atoms with Crippen molar-refractivity contribution in [3.8, 4) is 0 Å². The summed E-state index contributed by atoms with van der Waals surface area (Å²) in [5, 5.41) is 11.6. The molecule has 1 saturated carbocycles. The van der Waals surface area contributed by atoms with Crippen LogP contribution in [0, 0.1) is 12.8 Å². The molecule has 1 aliphatic carbocycles. The van der Waals surface area contributed by atoms with Gasteiger partial charge in [0.1, 0.15) is 0 Å². The molecule has 3 aromatic rings. The number of amides is 3. The Morgan fingerprint density at radius 3 is 2.34 bits per heavy atom. The molecular formula is C24H24N4O4. The van der Waals surface area contributed by atoms with Crippen molar-refractivity contribution in [2.24, 2.45) is 5.92 Å². The van der Waals surface area contributed by atoms with Gasteiger partial charge in [-0.25, -0.2) is 0 Å². The van der Waals surface area contributed by atoms with Crippen molar-refractivity contribution in [1.82, 2.24) is 0 Å². The molecule has 1 aromatic heterocycles. The summed E-state index contributed by atoms with van der Waals surface area (Å²) in [6.45, 7) is 1.94. The van der Waals surface area contributed by atoms with Crippen molar-refractivity contribution in [3.63, 3.8) is 0 Å². The van der Waals surface area contributed by atoms with Crippen LogP contribution in [0.5, 0.6) is 0 Å². The third kappa shape index (κ3) is 5.34. The summed E-state index contributed by atoms with van der Waals surface area (Å²) < 4.78 is 5.08. The van der Waals surface area contributed by atoms with Crippen LogP contribution in [-0.2, 0) is 9.59 Å². The summed E-state index contributed by atoms with van der Waals surface area (Å²) in [6, 6.07) is 15.6. The number of benzene rings is 2. The van der Waals surface area contributed by atoms with E-state index >= 15 is 0 Å². The molecule has 8 heteroatoms. The van der Waals surface area contributed by atoms with Crippen LogP contribution in [0.2, 0.25) is 0 Å². The van der Waals surface area contributed by atoms with Crippen LogP contribution in [0.4, 0.5) is 22.7 Å². The van der Waals surface area contributed by atoms with Gasteiger partial charge in [-0.15, -0.1) is 0 Å². The standard InChI is InChI=1S/C24H24N4O4/c1-15-19(7-3-8-20(15)28-23(30)16-10-11-16)25-14-22(29)26-17-5-2-6-18(13-17)27-24(31)21-9-4-12-32-21/h2-9,12-13,16,25H,10-11,14H2,1H3,(H,26,29)(H,27,31)(H,28,30). The second kappa shape index (κ2) is 9.38. The number of anilines is 4. The maximum atomic E-state index is 12.4. The van der Waals surface area contributed by atoms with Crippen LogP contribution >= 0.6 is 0 Å². The Morgan fingerprint density at radius 1 is 0.906 bits per heavy atom. The first-order valence-electron chi connectivity index (χ1n) is 10.4. The summed E-state index contributed by atoms with van der Waals surface area (Å²) in [5.41, 5.74) is 3.47. The van der Waals surface area contributed by atoms with E-state index in [1.54, 1.807) is 36.4 Å². The molecule has 0 atom stereocenters. The lowest BCUT2D eigenvalue weighted by Crippen LogP contribution is -2.22. The molecule has 1 aliphatic rings. The van der Waals surface area contributed by atoms with Crippen LogP contribution in [-0.4, -0.2) is 24.3 Å². The van der Waals surface area contributed by atoms with E-state index in [0.717, 1.165) is 29.8 Å². The maximum Gasteiger partial charge on any atom is 0.291 e. The topological polar surface area (TPSA) is 112 Å². The van der Waals surface area contributed by atoms with E-state index in [-0.39, 0.29) is 35.9 Å². The minimum absolute atomic E-state index is 0.0435. The Morgan fingerprint density at radius 2 is 1.62 bits per heavy atom. The predicted octanol–water partition coefficient (Wildman–Crippen LogP) is 4.24. The number of nitrogens with one attached hydrogen (secondary N) is 4.